The van der Waals surface area contributed by atoms with Gasteiger partial charge in [0, 0.05) is 26.4 Å². The van der Waals surface area contributed by atoms with Gasteiger partial charge in [-0.25, -0.2) is 0 Å². The Hall–Kier alpha value is -5.86. The van der Waals surface area contributed by atoms with Crippen molar-refractivity contribution < 1.29 is 34.2 Å². The van der Waals surface area contributed by atoms with Crippen LogP contribution in [0.25, 0.3) is 0 Å². The molecule has 0 bridgehead atoms. The van der Waals surface area contributed by atoms with Gasteiger partial charge in [-0.05, 0) is 118 Å². The van der Waals surface area contributed by atoms with Crippen LogP contribution in [0.1, 0.15) is 25.7 Å². The lowest BCUT2D eigenvalue weighted by Gasteiger charge is -2.50. The van der Waals surface area contributed by atoms with Gasteiger partial charge in [-0.1, -0.05) is 265 Å². The maximum absolute atomic E-state index is 7.92. The van der Waals surface area contributed by atoms with Gasteiger partial charge < -0.3 is 34.2 Å². The third kappa shape index (κ3) is 15.8. The topological polar surface area (TPSA) is 73.8 Å². The van der Waals surface area contributed by atoms with Crippen molar-refractivity contribution in [2.75, 3.05) is 26.4 Å². The summed E-state index contributed by atoms with van der Waals surface area (Å²) in [6, 6.07) is 87.3. The largest absolute Gasteiger partial charge is 0.416 e. The van der Waals surface area contributed by atoms with Crippen LogP contribution < -0.4 is 41.5 Å². The van der Waals surface area contributed by atoms with Crippen LogP contribution in [0.15, 0.2) is 292 Å². The average Bonchev–Trinajstić information content (AvgIpc) is 2.85. The van der Waals surface area contributed by atoms with E-state index >= 15 is 0 Å². The molecule has 16 heteroatoms. The van der Waals surface area contributed by atoms with E-state index in [-0.39, 0.29) is 0 Å². The van der Waals surface area contributed by atoms with E-state index in [0.717, 1.165) is 41.5 Å². The molecule has 1 heterocycles. The molecule has 0 saturated carbocycles. The summed E-state index contributed by atoms with van der Waals surface area (Å²) < 4.78 is 60.7. The summed E-state index contributed by atoms with van der Waals surface area (Å²) in [5, 5.41) is 9.24. The van der Waals surface area contributed by atoms with Crippen molar-refractivity contribution in [3.05, 3.63) is 292 Å². The molecule has 0 spiro atoms. The summed E-state index contributed by atoms with van der Waals surface area (Å²) in [5.41, 5.74) is 8.27. The Morgan fingerprint density at radius 1 is 0.261 bits per heavy atom. The first-order valence-electron chi connectivity index (χ1n) is 31.1. The third-order valence-electron chi connectivity index (χ3n) is 16.9. The number of rotatable bonds is 32. The summed E-state index contributed by atoms with van der Waals surface area (Å²) >= 11 is 0. The minimum atomic E-state index is -3.20. The molecule has 0 unspecified atom stereocenters. The molecule has 9 rings (SSSR count). The van der Waals surface area contributed by atoms with Gasteiger partial charge in [0.1, 0.15) is 0 Å². The van der Waals surface area contributed by atoms with Crippen molar-refractivity contribution in [1.82, 2.24) is 0 Å². The summed E-state index contributed by atoms with van der Waals surface area (Å²) in [6.07, 6.45) is 2.83. The van der Waals surface area contributed by atoms with Crippen molar-refractivity contribution in [3.63, 3.8) is 0 Å². The maximum atomic E-state index is 7.92. The molecule has 0 aromatic heterocycles. The molecule has 8 aromatic rings. The Kier molecular flexibility index (Phi) is 23.3. The monoisotopic (exact) mass is 1300 g/mol. The van der Waals surface area contributed by atoms with E-state index in [1.54, 1.807) is 0 Å². The molecule has 456 valence electrons. The molecule has 8 aromatic carbocycles. The molecule has 0 radical (unpaired) electrons. The van der Waals surface area contributed by atoms with Crippen LogP contribution in [0.3, 0.4) is 0 Å². The van der Waals surface area contributed by atoms with E-state index in [2.05, 4.69) is 318 Å². The van der Waals surface area contributed by atoms with Gasteiger partial charge in [-0.3, -0.25) is 0 Å². The number of hydrogen-bond acceptors (Lipinski definition) is 8. The zero-order valence-corrected chi connectivity index (χ0v) is 60.0. The molecule has 0 aliphatic carbocycles. The fraction of sp³-hybridized carbons (Fsp3) is 0.222. The van der Waals surface area contributed by atoms with Crippen LogP contribution in [0.2, 0.25) is 50.4 Å². The Balaban J connectivity index is 1.04. The summed E-state index contributed by atoms with van der Waals surface area (Å²) in [4.78, 5) is 0. The van der Waals surface area contributed by atoms with Gasteiger partial charge in [0.25, 0.3) is 33.3 Å². The Morgan fingerprint density at radius 3 is 0.523 bits per heavy atom. The first kappa shape index (κ1) is 66.6. The maximum Gasteiger partial charge on any atom is 0.317 e. The van der Waals surface area contributed by atoms with Crippen LogP contribution in [0, 0.1) is 0 Å². The lowest BCUT2D eigenvalue weighted by atomic mass is 10.4. The molecule has 1 aliphatic heterocycles. The van der Waals surface area contributed by atoms with E-state index in [4.69, 9.17) is 34.2 Å². The predicted molar refractivity (Wildman–Crippen MR) is 385 cm³/mol. The second-order valence-electron chi connectivity index (χ2n) is 23.4. The van der Waals surface area contributed by atoms with Gasteiger partial charge in [0.05, 0.1) is 0 Å². The highest BCUT2D eigenvalue weighted by atomic mass is 28.5. The van der Waals surface area contributed by atoms with Crippen LogP contribution in [0.4, 0.5) is 0 Å². The predicted octanol–water partition coefficient (Wildman–Crippen LogP) is 11.9. The summed E-state index contributed by atoms with van der Waals surface area (Å²) in [6.45, 7) is 28.7. The lowest BCUT2D eigenvalue weighted by molar-refractivity contribution is 0.211. The summed E-state index contributed by atoms with van der Waals surface area (Å²) in [5.74, 6) is 0. The molecule has 0 N–H and O–H groups in total. The van der Waals surface area contributed by atoms with Gasteiger partial charge in [-0.2, -0.15) is 0 Å². The van der Waals surface area contributed by atoms with Gasteiger partial charge in [-0.15, -0.1) is 26.3 Å². The van der Waals surface area contributed by atoms with E-state index in [1.807, 2.05) is 0 Å². The lowest BCUT2D eigenvalue weighted by Crippen LogP contribution is -2.67. The van der Waals surface area contributed by atoms with E-state index < -0.39 is 67.5 Å². The Morgan fingerprint density at radius 2 is 0.398 bits per heavy atom. The van der Waals surface area contributed by atoms with E-state index in [1.165, 1.54) is 0 Å². The van der Waals surface area contributed by atoms with Crippen molar-refractivity contribution >= 4 is 109 Å². The number of hydrogen-bond donors (Lipinski definition) is 0. The molecule has 8 nitrogen and oxygen atoms in total. The first-order valence-corrected chi connectivity index (χ1v) is 49.1. The first-order chi connectivity index (χ1) is 42.7. The molecular formula is C72H88O8Si8. The molecule has 1 saturated heterocycles. The van der Waals surface area contributed by atoms with Crippen LogP contribution in [-0.4, -0.2) is 93.9 Å². The zero-order valence-electron chi connectivity index (χ0n) is 52.0. The standard InChI is InChI=1S/C72H88O8Si8/c1-9-85(65-41-21-13-22-42-65,66-43-23-14-24-44-66)73-57-37-61-81(5)77-82(6,62-38-58-74-86(10-2,67-45-25-15-26-46-67)68-47-27-16-28-48-68)79-84(8,64-40-60-76-88(12-4,71-53-33-19-34-54-71)72-55-35-20-36-56-72)80-83(7,78-81)63-39-59-75-87(11-3,69-49-29-17-30-50-69)70-51-31-18-32-52-70/h9-36,41-56H,1-4,37-40,57-64H2,5-8H3. The second kappa shape index (κ2) is 30.8. The van der Waals surface area contributed by atoms with E-state index in [9.17, 15) is 0 Å². The van der Waals surface area contributed by atoms with Crippen molar-refractivity contribution in [1.29, 1.82) is 0 Å². The fourth-order valence-corrected chi connectivity index (χ4v) is 48.4. The molecule has 1 aliphatic rings. The fourth-order valence-electron chi connectivity index (χ4n) is 12.8. The zero-order chi connectivity index (χ0) is 61.9. The van der Waals surface area contributed by atoms with Gasteiger partial charge >= 0.3 is 34.2 Å². The SMILES string of the molecule is C=C[Si](OCCC[Si]1(C)O[Si](C)(CCCO[Si](C=C)(c2ccccc2)c2ccccc2)O[Si](C)(CCCO[Si](C=C)(c2ccccc2)c2ccccc2)O[Si](C)(CCCO[Si](C=C)(c2ccccc2)c2ccccc2)O1)(c1ccccc1)c1ccccc1. The number of benzene rings is 8. The second-order valence-corrected chi connectivity index (χ2v) is 51.1. The van der Waals surface area contributed by atoms with Crippen LogP contribution in [-0.2, 0) is 34.2 Å². The third-order valence-corrected chi connectivity index (χ3v) is 50.2. The molecule has 0 amide bonds. The van der Waals surface area contributed by atoms with Crippen molar-refractivity contribution in [2.24, 2.45) is 0 Å². The minimum Gasteiger partial charge on any atom is -0.416 e. The minimum absolute atomic E-state index is 0.492. The highest BCUT2D eigenvalue weighted by Gasteiger charge is 2.57. The normalized spacial score (nSPS) is 20.0. The molecular weight excluding hydrogens is 1220 g/mol. The van der Waals surface area contributed by atoms with Crippen LogP contribution >= 0.6 is 0 Å². The van der Waals surface area contributed by atoms with Crippen molar-refractivity contribution in [2.45, 2.75) is 76.0 Å². The van der Waals surface area contributed by atoms with Gasteiger partial charge in [0.15, 0.2) is 0 Å². The highest BCUT2D eigenvalue weighted by molar-refractivity contribution is 7.03. The Bertz CT molecular complexity index is 2810. The molecule has 0 atom stereocenters. The van der Waals surface area contributed by atoms with E-state index in [0.29, 0.717) is 76.3 Å². The molecule has 88 heavy (non-hydrogen) atoms. The van der Waals surface area contributed by atoms with Crippen LogP contribution in [0.5, 0.6) is 0 Å². The van der Waals surface area contributed by atoms with Gasteiger partial charge in [0.2, 0.25) is 0 Å². The average molecular weight is 1310 g/mol. The highest BCUT2D eigenvalue weighted by Crippen LogP contribution is 2.39. The van der Waals surface area contributed by atoms with Crippen molar-refractivity contribution in [3.8, 4) is 0 Å². The smallest absolute Gasteiger partial charge is 0.317 e. The quantitative estimate of drug-likeness (QED) is 0.0305. The molecule has 1 fully saturated rings. The summed E-state index contributed by atoms with van der Waals surface area (Å²) in [7, 11) is -24.2. The Labute approximate surface area is 533 Å².